The van der Waals surface area contributed by atoms with Gasteiger partial charge >= 0.3 is 21.1 Å². The molecule has 4 fully saturated rings. The molecule has 8 heteroatoms. The summed E-state index contributed by atoms with van der Waals surface area (Å²) >= 11 is 7.46. The van der Waals surface area contributed by atoms with Crippen molar-refractivity contribution in [3.05, 3.63) is 110 Å². The first-order valence-corrected chi connectivity index (χ1v) is 26.8. The molecule has 322 valence electrons. The average molecular weight is 1040 g/mol. The smallest absolute Gasteiger partial charge is 0.871 e. The molecule has 4 aromatic rings. The van der Waals surface area contributed by atoms with Crippen molar-refractivity contribution in [1.82, 2.24) is 10.7 Å². The van der Waals surface area contributed by atoms with Crippen LogP contribution in [0.15, 0.2) is 63.5 Å². The summed E-state index contributed by atoms with van der Waals surface area (Å²) in [4.78, 5) is 4.11. The number of aryl methyl sites for hydroxylation is 4. The van der Waals surface area contributed by atoms with Crippen LogP contribution < -0.4 is 20.3 Å². The second kappa shape index (κ2) is 20.0. The molecule has 4 nitrogen and oxygen atoms in total. The van der Waals surface area contributed by atoms with E-state index in [1.54, 1.807) is 0 Å². The molecule has 0 amide bonds. The van der Waals surface area contributed by atoms with Crippen molar-refractivity contribution in [2.24, 2.45) is 17.8 Å². The van der Waals surface area contributed by atoms with Crippen molar-refractivity contribution in [3.8, 4) is 22.6 Å². The van der Waals surface area contributed by atoms with E-state index in [4.69, 9.17) is 11.3 Å². The molecule has 3 aromatic carbocycles. The van der Waals surface area contributed by atoms with Crippen molar-refractivity contribution >= 4 is 40.2 Å². The van der Waals surface area contributed by atoms with Gasteiger partial charge in [-0.25, -0.2) is 0 Å². The molecule has 0 aliphatic heterocycles. The summed E-state index contributed by atoms with van der Waals surface area (Å²) in [5, 5.41) is 13.7. The Kier molecular flexibility index (Phi) is 16.5. The molecule has 0 N–H and O–H groups in total. The van der Waals surface area contributed by atoms with Crippen LogP contribution in [-0.4, -0.2) is 13.9 Å². The van der Waals surface area contributed by atoms with E-state index in [1.165, 1.54) is 66.3 Å². The Morgan fingerprint density at radius 3 is 1.58 bits per heavy atom. The molecule has 4 bridgehead atoms. The Hall–Kier alpha value is -1.63. The van der Waals surface area contributed by atoms with E-state index in [0.717, 1.165) is 102 Å². The van der Waals surface area contributed by atoms with Crippen LogP contribution in [0.5, 0.6) is 11.5 Å². The quantitative estimate of drug-likeness (QED) is 0.191. The van der Waals surface area contributed by atoms with Gasteiger partial charge in [-0.1, -0.05) is 113 Å². The normalized spacial score (nSPS) is 22.6. The van der Waals surface area contributed by atoms with Gasteiger partial charge in [-0.2, -0.15) is 11.4 Å². The topological polar surface area (TPSA) is 68.7 Å². The Balaban J connectivity index is 0.000000189. The molecule has 0 atom stereocenters. The predicted molar refractivity (Wildman–Crippen MR) is 254 cm³/mol. The fourth-order valence-electron chi connectivity index (χ4n) is 10.3. The Bertz CT molecular complexity index is 2010. The summed E-state index contributed by atoms with van der Waals surface area (Å²) in [5.41, 5.74) is 20.4. The standard InChI is InChI=1S/C26H34Br2O2Si.C10H15N.C10H12.C6H8N.Mo/c1-26(2,3)31(4,5)30-25-21(28)15-17-11-7-9-13-19(17)23(25)22-18-12-8-6-10-16(18)14-20(27)24(22)29;11-10-4-7-1-8(5-10)3-9(2-7)6-10;1-10(2,3)9-7-5-4-6-8-9;1-5-3-4-6(2)7-5;/h14-15,29H,6-13H2,1-5H3;7-9H,1-6H2;1,4-8H,2-3H3;3-4H,1-2H3;/q;;;-1;+2/p-1. The van der Waals surface area contributed by atoms with E-state index in [9.17, 15) is 10.8 Å². The van der Waals surface area contributed by atoms with Gasteiger partial charge in [-0.15, -0.1) is 5.73 Å². The largest absolute Gasteiger partial charge is 2.00 e. The van der Waals surface area contributed by atoms with E-state index in [0.29, 0.717) is 4.47 Å². The van der Waals surface area contributed by atoms with Crippen LogP contribution in [0.1, 0.15) is 138 Å². The third-order valence-corrected chi connectivity index (χ3v) is 19.5. The van der Waals surface area contributed by atoms with Crippen LogP contribution in [0.3, 0.4) is 0 Å². The minimum absolute atomic E-state index is 0. The van der Waals surface area contributed by atoms with Gasteiger partial charge < -0.3 is 14.5 Å². The summed E-state index contributed by atoms with van der Waals surface area (Å²) in [6.45, 7) is 25.2. The molecule has 6 aliphatic carbocycles. The summed E-state index contributed by atoms with van der Waals surface area (Å²) in [6, 6.07) is 18.4. The Morgan fingerprint density at radius 1 is 0.733 bits per heavy atom. The Morgan fingerprint density at radius 2 is 1.18 bits per heavy atom. The number of aromatic nitrogens is 1. The maximum atomic E-state index is 13.6. The first kappa shape index (κ1) is 49.4. The van der Waals surface area contributed by atoms with Crippen LogP contribution in [0.4, 0.5) is 0 Å². The summed E-state index contributed by atoms with van der Waals surface area (Å²) in [7, 11) is -2.10. The zero-order valence-electron chi connectivity index (χ0n) is 37.8. The molecule has 4 saturated carbocycles. The molecule has 0 unspecified atom stereocenters. The van der Waals surface area contributed by atoms with E-state index in [1.807, 2.05) is 70.2 Å². The molecule has 10 rings (SSSR count). The number of hydrogen-bond donors (Lipinski definition) is 0. The molecule has 4 radical (unpaired) electrons. The molecule has 1 aromatic heterocycles. The zero-order valence-corrected chi connectivity index (χ0v) is 44.0. The first-order valence-electron chi connectivity index (χ1n) is 22.3. The van der Waals surface area contributed by atoms with Crippen LogP contribution in [0.2, 0.25) is 18.1 Å². The molecule has 1 heterocycles. The maximum Gasteiger partial charge on any atom is 2.00 e. The first-order chi connectivity index (χ1) is 27.6. The van der Waals surface area contributed by atoms with Gasteiger partial charge in [0, 0.05) is 10.0 Å². The predicted octanol–water partition coefficient (Wildman–Crippen LogP) is 14.1. The van der Waals surface area contributed by atoms with Crippen molar-refractivity contribution in [2.45, 2.75) is 167 Å². The molecule has 6 aliphatic rings. The molecule has 60 heavy (non-hydrogen) atoms. The fraction of sp³-hybridized carbons (Fsp3) is 0.558. The second-order valence-corrected chi connectivity index (χ2v) is 27.1. The van der Waals surface area contributed by atoms with Crippen molar-refractivity contribution in [3.63, 3.8) is 0 Å². The van der Waals surface area contributed by atoms with Crippen LogP contribution in [0.25, 0.3) is 11.1 Å². The number of rotatable bonds is 4. The zero-order chi connectivity index (χ0) is 42.9. The van der Waals surface area contributed by atoms with Crippen LogP contribution >= 0.6 is 31.9 Å². The van der Waals surface area contributed by atoms with E-state index < -0.39 is 8.32 Å². The van der Waals surface area contributed by atoms with Crippen molar-refractivity contribution in [2.75, 3.05) is 0 Å². The van der Waals surface area contributed by atoms with E-state index >= 15 is 0 Å². The minimum Gasteiger partial charge on any atom is -0.871 e. The number of halogens is 2. The van der Waals surface area contributed by atoms with Gasteiger partial charge in [0.05, 0.1) is 10.0 Å². The van der Waals surface area contributed by atoms with E-state index in [2.05, 4.69) is 82.8 Å². The third kappa shape index (κ3) is 11.9. The fourth-order valence-corrected chi connectivity index (χ4v) is 12.5. The monoisotopic (exact) mass is 1040 g/mol. The van der Waals surface area contributed by atoms with Gasteiger partial charge in [0.25, 0.3) is 8.32 Å². The number of fused-ring (bicyclic) bond motifs is 2. The summed E-state index contributed by atoms with van der Waals surface area (Å²) in [5.74, 6) is 3.70. The number of benzene rings is 3. The third-order valence-electron chi connectivity index (χ3n) is 14.0. The van der Waals surface area contributed by atoms with Crippen LogP contribution in [-0.2, 0) is 52.2 Å². The maximum absolute atomic E-state index is 13.6. The average Bonchev–Trinajstić information content (AvgIpc) is 3.54. The summed E-state index contributed by atoms with van der Waals surface area (Å²) < 4.78 is 8.66. The van der Waals surface area contributed by atoms with Gasteiger partial charge in [-0.05, 0) is 200 Å². The summed E-state index contributed by atoms with van der Waals surface area (Å²) in [6.07, 6.45) is 16.5. The van der Waals surface area contributed by atoms with Gasteiger partial charge in [-0.3, -0.25) is 0 Å². The van der Waals surface area contributed by atoms with Gasteiger partial charge in [0.2, 0.25) is 0 Å². The van der Waals surface area contributed by atoms with E-state index in [-0.39, 0.29) is 42.8 Å². The number of nitrogens with zero attached hydrogens (tertiary/aromatic N) is 2. The molecular formula is C52H68Br2MoN2O2Si. The minimum atomic E-state index is -2.10. The second-order valence-electron chi connectivity index (χ2n) is 20.6. The number of hydrogen-bond acceptors (Lipinski definition) is 2. The van der Waals surface area contributed by atoms with Crippen molar-refractivity contribution in [1.29, 1.82) is 0 Å². The van der Waals surface area contributed by atoms with Crippen LogP contribution in [0, 0.1) is 38.5 Å². The van der Waals surface area contributed by atoms with Gasteiger partial charge in [0.15, 0.2) is 0 Å². The van der Waals surface area contributed by atoms with Gasteiger partial charge in [0.1, 0.15) is 5.75 Å². The molecular weight excluding hydrogens is 968 g/mol. The van der Waals surface area contributed by atoms with Crippen molar-refractivity contribution < 1.29 is 30.6 Å². The molecule has 0 spiro atoms. The Labute approximate surface area is 396 Å². The molecule has 0 saturated heterocycles. The SMILES string of the molecule is CC(C)(C)[Si](C)(C)Oc1c(Br)cc2c(c1-c1c([O-])c(Br)cc3c1CCCC3)CCCC2.Cc1ccc(C)[n-]1.[CH]C(C)(C)c1ccccc1.[Mo+2].[N]C12CC3CC(CC(C3)C1)C2.